The number of aromatic amines is 1. The van der Waals surface area contributed by atoms with Gasteiger partial charge in [-0.1, -0.05) is 19.4 Å². The highest BCUT2D eigenvalue weighted by Crippen LogP contribution is 2.23. The lowest BCUT2D eigenvalue weighted by molar-refractivity contribution is 0.0981. The van der Waals surface area contributed by atoms with Crippen LogP contribution >= 0.6 is 0 Å². The lowest BCUT2D eigenvalue weighted by Gasteiger charge is -1.98. The summed E-state index contributed by atoms with van der Waals surface area (Å²) in [6, 6.07) is 4.79. The summed E-state index contributed by atoms with van der Waals surface area (Å²) in [7, 11) is 0. The molecule has 1 aromatic heterocycles. The summed E-state index contributed by atoms with van der Waals surface area (Å²) < 4.78 is 13.6. The van der Waals surface area contributed by atoms with E-state index in [0.717, 1.165) is 12.8 Å². The summed E-state index contributed by atoms with van der Waals surface area (Å²) >= 11 is 0. The summed E-state index contributed by atoms with van der Waals surface area (Å²) in [6.45, 7) is 2.03. The van der Waals surface area contributed by atoms with Crippen LogP contribution in [0.25, 0.3) is 10.9 Å². The average Bonchev–Trinajstić information content (AvgIpc) is 2.71. The molecule has 1 aromatic carbocycles. The lowest BCUT2D eigenvalue weighted by atomic mass is 10.0. The van der Waals surface area contributed by atoms with Crippen LogP contribution in [0.4, 0.5) is 4.39 Å². The molecule has 0 unspecified atom stereocenters. The van der Waals surface area contributed by atoms with E-state index in [2.05, 4.69) is 4.98 Å². The second-order valence-corrected chi connectivity index (χ2v) is 3.89. The smallest absolute Gasteiger partial charge is 0.165 e. The van der Waals surface area contributed by atoms with Crippen molar-refractivity contribution in [2.45, 2.75) is 26.2 Å². The quantitative estimate of drug-likeness (QED) is 0.782. The molecule has 3 heteroatoms. The van der Waals surface area contributed by atoms with Gasteiger partial charge in [-0.2, -0.15) is 0 Å². The normalized spacial score (nSPS) is 10.9. The van der Waals surface area contributed by atoms with Gasteiger partial charge in [0.15, 0.2) is 5.78 Å². The summed E-state index contributed by atoms with van der Waals surface area (Å²) in [4.78, 5) is 14.8. The number of fused-ring (bicyclic) bond motifs is 1. The first-order valence-corrected chi connectivity index (χ1v) is 5.53. The molecule has 0 aliphatic rings. The molecule has 0 spiro atoms. The van der Waals surface area contributed by atoms with Gasteiger partial charge < -0.3 is 4.98 Å². The van der Waals surface area contributed by atoms with Crippen LogP contribution in [-0.4, -0.2) is 10.8 Å². The van der Waals surface area contributed by atoms with E-state index in [0.29, 0.717) is 22.9 Å². The van der Waals surface area contributed by atoms with Gasteiger partial charge in [-0.25, -0.2) is 4.39 Å². The first kappa shape index (κ1) is 10.9. The van der Waals surface area contributed by atoms with Gasteiger partial charge in [0.2, 0.25) is 0 Å². The standard InChI is InChI=1S/C13H14FNO/c1-2-3-7-12(16)9-8-15-11-6-4-5-10(14)13(9)11/h4-6,8,15H,2-3,7H2,1H3. The van der Waals surface area contributed by atoms with Crippen LogP contribution in [0.5, 0.6) is 0 Å². The third-order valence-electron chi connectivity index (χ3n) is 2.71. The van der Waals surface area contributed by atoms with Crippen LogP contribution in [0.3, 0.4) is 0 Å². The van der Waals surface area contributed by atoms with Crippen molar-refractivity contribution >= 4 is 16.7 Å². The molecule has 0 aliphatic carbocycles. The highest BCUT2D eigenvalue weighted by atomic mass is 19.1. The van der Waals surface area contributed by atoms with Gasteiger partial charge in [-0.3, -0.25) is 4.79 Å². The van der Waals surface area contributed by atoms with Crippen molar-refractivity contribution in [3.8, 4) is 0 Å². The molecule has 16 heavy (non-hydrogen) atoms. The predicted molar refractivity (Wildman–Crippen MR) is 62.1 cm³/mol. The van der Waals surface area contributed by atoms with Crippen LogP contribution in [-0.2, 0) is 0 Å². The van der Waals surface area contributed by atoms with Crippen LogP contribution in [0.15, 0.2) is 24.4 Å². The van der Waals surface area contributed by atoms with Crippen LogP contribution in [0, 0.1) is 5.82 Å². The van der Waals surface area contributed by atoms with Crippen LogP contribution < -0.4 is 0 Å². The van der Waals surface area contributed by atoms with E-state index in [1.54, 1.807) is 18.3 Å². The van der Waals surface area contributed by atoms with Gasteiger partial charge in [-0.15, -0.1) is 0 Å². The molecular weight excluding hydrogens is 205 g/mol. The Balaban J connectivity index is 2.41. The number of hydrogen-bond acceptors (Lipinski definition) is 1. The maximum atomic E-state index is 13.6. The van der Waals surface area contributed by atoms with Gasteiger partial charge in [0.05, 0.1) is 0 Å². The summed E-state index contributed by atoms with van der Waals surface area (Å²) in [5.41, 5.74) is 1.15. The van der Waals surface area contributed by atoms with Gasteiger partial charge in [0.1, 0.15) is 5.82 Å². The van der Waals surface area contributed by atoms with E-state index >= 15 is 0 Å². The Bertz CT molecular complexity index is 516. The molecule has 2 aromatic rings. The maximum absolute atomic E-state index is 13.6. The van der Waals surface area contributed by atoms with Crippen LogP contribution in [0.2, 0.25) is 0 Å². The van der Waals surface area contributed by atoms with Crippen molar-refractivity contribution in [2.75, 3.05) is 0 Å². The van der Waals surface area contributed by atoms with Gasteiger partial charge >= 0.3 is 0 Å². The number of nitrogens with one attached hydrogen (secondary N) is 1. The van der Waals surface area contributed by atoms with E-state index in [1.165, 1.54) is 6.07 Å². The van der Waals surface area contributed by atoms with Crippen molar-refractivity contribution in [1.82, 2.24) is 4.98 Å². The monoisotopic (exact) mass is 219 g/mol. The second-order valence-electron chi connectivity index (χ2n) is 3.89. The molecule has 0 aliphatic heterocycles. The molecule has 84 valence electrons. The lowest BCUT2D eigenvalue weighted by Crippen LogP contribution is -1.98. The fourth-order valence-corrected chi connectivity index (χ4v) is 1.83. The molecular formula is C13H14FNO. The number of unbranched alkanes of at least 4 members (excludes halogenated alkanes) is 1. The number of H-pyrrole nitrogens is 1. The molecule has 0 bridgehead atoms. The third kappa shape index (κ3) is 1.85. The van der Waals surface area contributed by atoms with Crippen LogP contribution in [0.1, 0.15) is 36.5 Å². The first-order chi connectivity index (χ1) is 7.74. The Morgan fingerprint density at radius 2 is 2.25 bits per heavy atom. The number of halogens is 1. The topological polar surface area (TPSA) is 32.9 Å². The number of Topliss-reactive ketones (excluding diaryl/α,β-unsaturated/α-hetero) is 1. The minimum Gasteiger partial charge on any atom is -0.360 e. The Labute approximate surface area is 93.5 Å². The van der Waals surface area contributed by atoms with E-state index in [9.17, 15) is 9.18 Å². The van der Waals surface area contributed by atoms with Crippen molar-refractivity contribution in [1.29, 1.82) is 0 Å². The number of ketones is 1. The fraction of sp³-hybridized carbons (Fsp3) is 0.308. The number of aromatic nitrogens is 1. The van der Waals surface area contributed by atoms with E-state index in [1.807, 2.05) is 6.92 Å². The first-order valence-electron chi connectivity index (χ1n) is 5.53. The molecule has 2 rings (SSSR count). The zero-order valence-corrected chi connectivity index (χ0v) is 9.22. The number of hydrogen-bond donors (Lipinski definition) is 1. The highest BCUT2D eigenvalue weighted by molar-refractivity contribution is 6.07. The molecule has 0 radical (unpaired) electrons. The Morgan fingerprint density at radius 3 is 3.00 bits per heavy atom. The number of benzene rings is 1. The number of carbonyl (C=O) groups is 1. The summed E-state index contributed by atoms with van der Waals surface area (Å²) in [5.74, 6) is -0.322. The third-order valence-corrected chi connectivity index (χ3v) is 2.71. The van der Waals surface area contributed by atoms with Gasteiger partial charge in [0.25, 0.3) is 0 Å². The van der Waals surface area contributed by atoms with Crippen molar-refractivity contribution in [3.05, 3.63) is 35.8 Å². The SMILES string of the molecule is CCCCC(=O)c1c[nH]c2cccc(F)c12. The minimum absolute atomic E-state index is 0.0122. The predicted octanol–water partition coefficient (Wildman–Crippen LogP) is 3.68. The second kappa shape index (κ2) is 4.47. The average molecular weight is 219 g/mol. The molecule has 0 fully saturated rings. The Hall–Kier alpha value is -1.64. The molecule has 2 nitrogen and oxygen atoms in total. The Morgan fingerprint density at radius 1 is 1.44 bits per heavy atom. The van der Waals surface area contributed by atoms with E-state index in [-0.39, 0.29) is 11.6 Å². The Kier molecular flexibility index (Phi) is 3.04. The van der Waals surface area contributed by atoms with E-state index < -0.39 is 0 Å². The number of rotatable bonds is 4. The maximum Gasteiger partial charge on any atom is 0.165 e. The molecule has 1 heterocycles. The highest BCUT2D eigenvalue weighted by Gasteiger charge is 2.14. The zero-order valence-electron chi connectivity index (χ0n) is 9.22. The zero-order chi connectivity index (χ0) is 11.5. The molecule has 0 amide bonds. The van der Waals surface area contributed by atoms with Gasteiger partial charge in [-0.05, 0) is 18.6 Å². The van der Waals surface area contributed by atoms with E-state index in [4.69, 9.17) is 0 Å². The minimum atomic E-state index is -0.335. The summed E-state index contributed by atoms with van der Waals surface area (Å²) in [6.07, 6.45) is 3.90. The molecule has 0 atom stereocenters. The molecule has 0 saturated carbocycles. The molecule has 0 saturated heterocycles. The fourth-order valence-electron chi connectivity index (χ4n) is 1.83. The number of carbonyl (C=O) groups excluding carboxylic acids is 1. The van der Waals surface area contributed by atoms with Crippen molar-refractivity contribution in [3.63, 3.8) is 0 Å². The largest absolute Gasteiger partial charge is 0.360 e. The van der Waals surface area contributed by atoms with Crippen molar-refractivity contribution in [2.24, 2.45) is 0 Å². The molecule has 1 N–H and O–H groups in total. The van der Waals surface area contributed by atoms with Gasteiger partial charge in [0, 0.05) is 29.1 Å². The summed E-state index contributed by atoms with van der Waals surface area (Å²) in [5, 5.41) is 0.420. The van der Waals surface area contributed by atoms with Crippen molar-refractivity contribution < 1.29 is 9.18 Å².